The first-order valence-electron chi connectivity index (χ1n) is 23.3. The molecule has 0 N–H and O–H groups in total. The molecule has 4 unspecified atom stereocenters. The Kier molecular flexibility index (Phi) is 22.0. The number of hydrogen-bond acceptors (Lipinski definition) is 15. The third-order valence-electron chi connectivity index (χ3n) is 11.2. The summed E-state index contributed by atoms with van der Waals surface area (Å²) in [5.41, 5.74) is 4.53. The lowest BCUT2D eigenvalue weighted by Gasteiger charge is -2.36. The van der Waals surface area contributed by atoms with E-state index in [2.05, 4.69) is 13.8 Å². The van der Waals surface area contributed by atoms with Crippen molar-refractivity contribution >= 4 is 40.9 Å². The molecule has 0 fully saturated rings. The second-order valence-electron chi connectivity index (χ2n) is 18.5. The Morgan fingerprint density at radius 1 is 0.377 bits per heavy atom. The van der Waals surface area contributed by atoms with Crippen molar-refractivity contribution < 1.29 is 57.1 Å². The number of carbonyl (C=O) groups excluding carboxylic acids is 4. The van der Waals surface area contributed by atoms with Crippen LogP contribution in [-0.2, 0) is 37.9 Å². The second-order valence-corrected chi connectivity index (χ2v) is 18.5. The van der Waals surface area contributed by atoms with Gasteiger partial charge in [-0.3, -0.25) is 0 Å². The Morgan fingerprint density at radius 2 is 0.594 bits per heavy atom. The summed E-state index contributed by atoms with van der Waals surface area (Å²) >= 11 is 0. The molecule has 0 aliphatic heterocycles. The van der Waals surface area contributed by atoms with Gasteiger partial charge in [-0.1, -0.05) is 26.0 Å². The summed E-state index contributed by atoms with van der Waals surface area (Å²) < 4.78 is 48.2. The van der Waals surface area contributed by atoms with Gasteiger partial charge < -0.3 is 52.6 Å². The van der Waals surface area contributed by atoms with Crippen LogP contribution in [-0.4, -0.2) is 143 Å². The number of anilines is 3. The fourth-order valence-corrected chi connectivity index (χ4v) is 6.52. The van der Waals surface area contributed by atoms with Crippen LogP contribution in [0.25, 0.3) is 0 Å². The van der Waals surface area contributed by atoms with E-state index in [1.54, 1.807) is 76.2 Å². The average Bonchev–Trinajstić information content (AvgIpc) is 3.35. The predicted molar refractivity (Wildman–Crippen MR) is 268 cm³/mol. The predicted octanol–water partition coefficient (Wildman–Crippen LogP) is 8.34. The van der Waals surface area contributed by atoms with Gasteiger partial charge in [0.15, 0.2) is 0 Å². The molecule has 0 bridgehead atoms. The summed E-state index contributed by atoms with van der Waals surface area (Å²) in [5, 5.41) is 0. The van der Waals surface area contributed by atoms with Gasteiger partial charge in [0.2, 0.25) is 0 Å². The van der Waals surface area contributed by atoms with Crippen LogP contribution in [0.2, 0.25) is 0 Å². The van der Waals surface area contributed by atoms with Gasteiger partial charge in [-0.2, -0.15) is 0 Å². The van der Waals surface area contributed by atoms with E-state index in [0.717, 1.165) is 22.6 Å². The third kappa shape index (κ3) is 18.4. The minimum absolute atomic E-state index is 0.00496. The van der Waals surface area contributed by atoms with Gasteiger partial charge in [0, 0.05) is 59.3 Å². The van der Waals surface area contributed by atoms with Crippen molar-refractivity contribution in [2.75, 3.05) is 110 Å². The van der Waals surface area contributed by atoms with Crippen molar-refractivity contribution in [3.8, 4) is 0 Å². The Hall–Kier alpha value is -6.00. The van der Waals surface area contributed by atoms with Crippen molar-refractivity contribution in [3.05, 3.63) is 125 Å². The van der Waals surface area contributed by atoms with E-state index >= 15 is 0 Å². The van der Waals surface area contributed by atoms with Crippen LogP contribution in [0.5, 0.6) is 0 Å². The average molecular weight is 956 g/mol. The Bertz CT molecular complexity index is 1880. The largest absolute Gasteiger partial charge is 0.459 e. The van der Waals surface area contributed by atoms with E-state index in [0.29, 0.717) is 28.2 Å². The summed E-state index contributed by atoms with van der Waals surface area (Å²) in [6.07, 6.45) is -2.31. The molecule has 4 aromatic rings. The van der Waals surface area contributed by atoms with Gasteiger partial charge in [-0.05, 0) is 124 Å². The van der Waals surface area contributed by atoms with Crippen LogP contribution in [0.1, 0.15) is 94.5 Å². The summed E-state index contributed by atoms with van der Waals surface area (Å²) in [5.74, 6) is -1.65. The standard InChI is InChI=1S/C54H73N3O12/c1-37(2)42-13-15-43(16-14-42)50(58)62-29-38(3)66-33-54(34-67-39(4)30-63-51(59)44-17-23-47(24-18-44)55(7)8,35-68-40(5)31-64-52(60)45-19-25-48(26-20-45)56(9)10)36-69-41(6)32-65-53(61)46-21-27-49(28-22-46)57(11)12/h13-28,37-41H,29-36H2,1-12H3. The van der Waals surface area contributed by atoms with Gasteiger partial charge in [0.25, 0.3) is 0 Å². The normalized spacial score (nSPS) is 13.9. The lowest BCUT2D eigenvalue weighted by atomic mass is 9.91. The summed E-state index contributed by atoms with van der Waals surface area (Å²) in [6.45, 7) is 11.1. The maximum atomic E-state index is 13.0. The van der Waals surface area contributed by atoms with E-state index < -0.39 is 53.7 Å². The quantitative estimate of drug-likeness (QED) is 0.0396. The SMILES string of the molecule is CC(COC(=O)c1ccc(C(C)C)cc1)OCC(COC(C)COC(=O)c1ccc(N(C)C)cc1)(COC(C)COC(=O)c1ccc(N(C)C)cc1)COC(C)COC(=O)c1ccc(N(C)C)cc1. The first kappa shape index (κ1) is 55.6. The number of nitrogens with zero attached hydrogens (tertiary/aromatic N) is 3. The number of esters is 4. The zero-order valence-electron chi connectivity index (χ0n) is 42.5. The zero-order valence-corrected chi connectivity index (χ0v) is 42.5. The fraction of sp³-hybridized carbons (Fsp3) is 0.481. The van der Waals surface area contributed by atoms with Gasteiger partial charge in [-0.15, -0.1) is 0 Å². The number of rotatable bonds is 28. The third-order valence-corrected chi connectivity index (χ3v) is 11.2. The molecule has 4 aromatic carbocycles. The first-order chi connectivity index (χ1) is 32.7. The van der Waals surface area contributed by atoms with Gasteiger partial charge in [0.05, 0.1) is 78.5 Å². The zero-order chi connectivity index (χ0) is 50.7. The summed E-state index contributed by atoms with van der Waals surface area (Å²) in [6, 6.07) is 28.6. The summed E-state index contributed by atoms with van der Waals surface area (Å²) in [7, 11) is 11.5. The van der Waals surface area contributed by atoms with Gasteiger partial charge >= 0.3 is 23.9 Å². The van der Waals surface area contributed by atoms with Crippen LogP contribution in [0, 0.1) is 5.41 Å². The summed E-state index contributed by atoms with van der Waals surface area (Å²) in [4.78, 5) is 57.9. The maximum absolute atomic E-state index is 13.0. The van der Waals surface area contributed by atoms with Crippen LogP contribution >= 0.6 is 0 Å². The number of ether oxygens (including phenoxy) is 8. The highest BCUT2D eigenvalue weighted by molar-refractivity contribution is 5.91. The van der Waals surface area contributed by atoms with Crippen molar-refractivity contribution in [1.29, 1.82) is 0 Å². The topological polar surface area (TPSA) is 152 Å². The number of carbonyl (C=O) groups is 4. The van der Waals surface area contributed by atoms with E-state index in [4.69, 9.17) is 37.9 Å². The molecule has 0 aliphatic carbocycles. The molecule has 0 saturated heterocycles. The molecule has 4 rings (SSSR count). The first-order valence-corrected chi connectivity index (χ1v) is 23.3. The van der Waals surface area contributed by atoms with Crippen molar-refractivity contribution in [2.24, 2.45) is 5.41 Å². The second kappa shape index (κ2) is 27.3. The van der Waals surface area contributed by atoms with Gasteiger partial charge in [-0.25, -0.2) is 19.2 Å². The molecule has 0 radical (unpaired) electrons. The van der Waals surface area contributed by atoms with E-state index in [9.17, 15) is 19.2 Å². The lowest BCUT2D eigenvalue weighted by Crippen LogP contribution is -2.46. The van der Waals surface area contributed by atoms with Crippen LogP contribution < -0.4 is 14.7 Å². The highest BCUT2D eigenvalue weighted by atomic mass is 16.6. The minimum atomic E-state index is -1.05. The lowest BCUT2D eigenvalue weighted by molar-refractivity contribution is -0.154. The van der Waals surface area contributed by atoms with E-state index in [-0.39, 0.29) is 52.9 Å². The molecular weight excluding hydrogens is 883 g/mol. The Labute approximate surface area is 408 Å². The smallest absolute Gasteiger partial charge is 0.338 e. The minimum Gasteiger partial charge on any atom is -0.459 e. The molecule has 0 saturated carbocycles. The number of hydrogen-bond donors (Lipinski definition) is 0. The molecule has 0 spiro atoms. The molecule has 0 aliphatic rings. The highest BCUT2D eigenvalue weighted by Crippen LogP contribution is 2.25. The molecule has 15 nitrogen and oxygen atoms in total. The maximum Gasteiger partial charge on any atom is 0.338 e. The van der Waals surface area contributed by atoms with Crippen LogP contribution in [0.3, 0.4) is 0 Å². The molecular formula is C54H73N3O12. The Morgan fingerprint density at radius 3 is 0.797 bits per heavy atom. The molecule has 0 aromatic heterocycles. The molecule has 0 amide bonds. The molecule has 69 heavy (non-hydrogen) atoms. The van der Waals surface area contributed by atoms with Crippen molar-refractivity contribution in [2.45, 2.75) is 71.9 Å². The molecule has 0 heterocycles. The van der Waals surface area contributed by atoms with Crippen molar-refractivity contribution in [3.63, 3.8) is 0 Å². The molecule has 376 valence electrons. The molecule has 15 heteroatoms. The van der Waals surface area contributed by atoms with Gasteiger partial charge in [0.1, 0.15) is 26.4 Å². The monoisotopic (exact) mass is 956 g/mol. The number of benzene rings is 4. The van der Waals surface area contributed by atoms with Crippen LogP contribution in [0.15, 0.2) is 97.1 Å². The van der Waals surface area contributed by atoms with Crippen LogP contribution in [0.4, 0.5) is 17.1 Å². The highest BCUT2D eigenvalue weighted by Gasteiger charge is 2.36. The van der Waals surface area contributed by atoms with E-state index in [1.165, 1.54) is 0 Å². The molecule has 4 atom stereocenters. The Balaban J connectivity index is 1.50. The fourth-order valence-electron chi connectivity index (χ4n) is 6.52. The van der Waals surface area contributed by atoms with E-state index in [1.807, 2.05) is 106 Å². The van der Waals surface area contributed by atoms with Crippen molar-refractivity contribution in [1.82, 2.24) is 0 Å².